The van der Waals surface area contributed by atoms with Crippen molar-refractivity contribution in [2.45, 2.75) is 45.8 Å². The molecule has 0 saturated carbocycles. The number of allylic oxidation sites excluding steroid dienone is 1. The highest BCUT2D eigenvalue weighted by molar-refractivity contribution is 6.53. The van der Waals surface area contributed by atoms with Gasteiger partial charge in [0.15, 0.2) is 0 Å². The van der Waals surface area contributed by atoms with Gasteiger partial charge < -0.3 is 9.31 Å². The molecule has 0 N–H and O–H groups in total. The van der Waals surface area contributed by atoms with Gasteiger partial charge in [-0.15, -0.1) is 0 Å². The van der Waals surface area contributed by atoms with Gasteiger partial charge in [-0.2, -0.15) is 0 Å². The molecule has 1 aromatic rings. The van der Waals surface area contributed by atoms with Gasteiger partial charge in [-0.05, 0) is 40.2 Å². The molecule has 0 spiro atoms. The van der Waals surface area contributed by atoms with Crippen molar-refractivity contribution in [1.29, 1.82) is 0 Å². The minimum atomic E-state index is -0.273. The lowest BCUT2D eigenvalue weighted by atomic mass is 9.85. The third kappa shape index (κ3) is 2.52. The van der Waals surface area contributed by atoms with Crippen molar-refractivity contribution < 1.29 is 9.31 Å². The molecule has 0 aliphatic carbocycles. The van der Waals surface area contributed by atoms with Crippen LogP contribution in [0.2, 0.25) is 0 Å². The van der Waals surface area contributed by atoms with Crippen LogP contribution in [0.5, 0.6) is 0 Å². The first-order valence-electron chi connectivity index (χ1n) is 6.41. The van der Waals surface area contributed by atoms with Crippen LogP contribution in [0.4, 0.5) is 0 Å². The molecule has 2 nitrogen and oxygen atoms in total. The first-order chi connectivity index (χ1) is 8.32. The molecule has 1 fully saturated rings. The Balaban J connectivity index is 2.17. The largest absolute Gasteiger partial charge is 0.487 e. The van der Waals surface area contributed by atoms with Crippen molar-refractivity contribution in [2.24, 2.45) is 0 Å². The lowest BCUT2D eigenvalue weighted by Gasteiger charge is -2.32. The van der Waals surface area contributed by atoms with E-state index in [0.29, 0.717) is 0 Å². The maximum atomic E-state index is 5.96. The lowest BCUT2D eigenvalue weighted by molar-refractivity contribution is 0.00578. The molecule has 0 bridgehead atoms. The van der Waals surface area contributed by atoms with Crippen LogP contribution >= 0.6 is 0 Å². The van der Waals surface area contributed by atoms with Gasteiger partial charge in [0.05, 0.1) is 11.2 Å². The van der Waals surface area contributed by atoms with E-state index >= 15 is 0 Å². The highest BCUT2D eigenvalue weighted by atomic mass is 16.7. The summed E-state index contributed by atoms with van der Waals surface area (Å²) in [6.45, 7) is 10.4. The second-order valence-electron chi connectivity index (χ2n) is 5.84. The van der Waals surface area contributed by atoms with Crippen molar-refractivity contribution in [2.75, 3.05) is 0 Å². The Hall–Kier alpha value is -1.06. The average molecular weight is 244 g/mol. The molecule has 3 heteroatoms. The standard InChI is InChI=1S/C15H21BO2/c1-12(13-9-7-6-8-10-13)11-16-17-14(2,3)15(4,5)18-16/h6-11H,1-5H3/b12-11+. The van der Waals surface area contributed by atoms with Crippen LogP contribution in [0, 0.1) is 0 Å². The Kier molecular flexibility index (Phi) is 3.39. The predicted octanol–water partition coefficient (Wildman–Crippen LogP) is 3.72. The number of rotatable bonds is 2. The van der Waals surface area contributed by atoms with Gasteiger partial charge in [0, 0.05) is 0 Å². The van der Waals surface area contributed by atoms with Crippen molar-refractivity contribution in [3.63, 3.8) is 0 Å². The molecule has 0 radical (unpaired) electrons. The van der Waals surface area contributed by atoms with Crippen molar-refractivity contribution in [1.82, 2.24) is 0 Å². The maximum Gasteiger partial charge on any atom is 0.487 e. The molecule has 0 unspecified atom stereocenters. The Morgan fingerprint density at radius 1 is 1.00 bits per heavy atom. The van der Waals surface area contributed by atoms with E-state index in [1.807, 2.05) is 24.2 Å². The topological polar surface area (TPSA) is 18.5 Å². The first kappa shape index (κ1) is 13.4. The van der Waals surface area contributed by atoms with Crippen LogP contribution in [-0.4, -0.2) is 18.3 Å². The zero-order chi connectivity index (χ0) is 13.4. The van der Waals surface area contributed by atoms with Crippen LogP contribution in [0.1, 0.15) is 40.2 Å². The van der Waals surface area contributed by atoms with E-state index in [4.69, 9.17) is 9.31 Å². The molecule has 1 heterocycles. The van der Waals surface area contributed by atoms with E-state index in [9.17, 15) is 0 Å². The van der Waals surface area contributed by atoms with Crippen LogP contribution < -0.4 is 0 Å². The zero-order valence-corrected chi connectivity index (χ0v) is 11.9. The van der Waals surface area contributed by atoms with E-state index in [0.717, 1.165) is 0 Å². The van der Waals surface area contributed by atoms with E-state index < -0.39 is 0 Å². The molecule has 0 amide bonds. The van der Waals surface area contributed by atoms with E-state index in [1.165, 1.54) is 11.1 Å². The molecule has 96 valence electrons. The van der Waals surface area contributed by atoms with Gasteiger partial charge in [-0.25, -0.2) is 0 Å². The second kappa shape index (κ2) is 4.56. The fourth-order valence-electron chi connectivity index (χ4n) is 1.96. The summed E-state index contributed by atoms with van der Waals surface area (Å²) in [7, 11) is -0.268. The molecule has 0 aromatic heterocycles. The molecule has 1 saturated heterocycles. The number of benzene rings is 1. The Morgan fingerprint density at radius 3 is 2.00 bits per heavy atom. The normalized spacial score (nSPS) is 22.3. The summed E-state index contributed by atoms with van der Waals surface area (Å²) in [6.07, 6.45) is 0. The predicted molar refractivity (Wildman–Crippen MR) is 76.2 cm³/mol. The zero-order valence-electron chi connectivity index (χ0n) is 11.9. The third-order valence-corrected chi connectivity index (χ3v) is 3.89. The minimum Gasteiger partial charge on any atom is -0.400 e. The fourth-order valence-corrected chi connectivity index (χ4v) is 1.96. The SMILES string of the molecule is C/C(=C\B1OC(C)(C)C(C)(C)O1)c1ccccc1. The smallest absolute Gasteiger partial charge is 0.400 e. The number of hydrogen-bond acceptors (Lipinski definition) is 2. The summed E-state index contributed by atoms with van der Waals surface area (Å²) in [5.41, 5.74) is 1.83. The van der Waals surface area contributed by atoms with E-state index in [2.05, 4.69) is 46.8 Å². The third-order valence-electron chi connectivity index (χ3n) is 3.89. The van der Waals surface area contributed by atoms with Crippen LogP contribution in [-0.2, 0) is 9.31 Å². The maximum absolute atomic E-state index is 5.96. The van der Waals surface area contributed by atoms with Gasteiger partial charge >= 0.3 is 7.12 Å². The molecule has 1 aliphatic heterocycles. The number of hydrogen-bond donors (Lipinski definition) is 0. The molecular weight excluding hydrogens is 223 g/mol. The van der Waals surface area contributed by atoms with Gasteiger partial charge in [0.25, 0.3) is 0 Å². The molecule has 0 atom stereocenters. The summed E-state index contributed by atoms with van der Waals surface area (Å²) >= 11 is 0. The van der Waals surface area contributed by atoms with Gasteiger partial charge in [0.1, 0.15) is 0 Å². The second-order valence-corrected chi connectivity index (χ2v) is 5.84. The first-order valence-corrected chi connectivity index (χ1v) is 6.41. The molecule has 1 aromatic carbocycles. The summed E-state index contributed by atoms with van der Waals surface area (Å²) < 4.78 is 11.9. The van der Waals surface area contributed by atoms with E-state index in [-0.39, 0.29) is 18.3 Å². The fraction of sp³-hybridized carbons (Fsp3) is 0.467. The van der Waals surface area contributed by atoms with Crippen LogP contribution in [0.25, 0.3) is 5.57 Å². The Bertz CT molecular complexity index is 433. The summed E-state index contributed by atoms with van der Waals surface area (Å²) in [5, 5.41) is 0. The van der Waals surface area contributed by atoms with E-state index in [1.54, 1.807) is 0 Å². The van der Waals surface area contributed by atoms with Crippen molar-refractivity contribution in [3.05, 3.63) is 41.9 Å². The Morgan fingerprint density at radius 2 is 1.50 bits per heavy atom. The summed E-state index contributed by atoms with van der Waals surface area (Å²) in [6, 6.07) is 10.3. The minimum absolute atomic E-state index is 0.268. The van der Waals surface area contributed by atoms with Crippen LogP contribution in [0.3, 0.4) is 0 Å². The van der Waals surface area contributed by atoms with Crippen molar-refractivity contribution in [3.8, 4) is 0 Å². The van der Waals surface area contributed by atoms with Gasteiger partial charge in [-0.1, -0.05) is 41.9 Å². The van der Waals surface area contributed by atoms with Crippen molar-refractivity contribution >= 4 is 12.7 Å². The summed E-state index contributed by atoms with van der Waals surface area (Å²) in [4.78, 5) is 0. The lowest BCUT2D eigenvalue weighted by Crippen LogP contribution is -2.41. The average Bonchev–Trinajstić information content (AvgIpc) is 2.48. The highest BCUT2D eigenvalue weighted by Crippen LogP contribution is 2.37. The molecule has 1 aliphatic rings. The molecular formula is C15H21BO2. The van der Waals surface area contributed by atoms with Crippen LogP contribution in [0.15, 0.2) is 36.3 Å². The van der Waals surface area contributed by atoms with Gasteiger partial charge in [0.2, 0.25) is 0 Å². The molecule has 2 rings (SSSR count). The monoisotopic (exact) mass is 244 g/mol. The highest BCUT2D eigenvalue weighted by Gasteiger charge is 2.50. The van der Waals surface area contributed by atoms with Gasteiger partial charge in [-0.3, -0.25) is 0 Å². The summed E-state index contributed by atoms with van der Waals surface area (Å²) in [5.74, 6) is 2.05. The Labute approximate surface area is 110 Å². The molecule has 18 heavy (non-hydrogen) atoms. The quantitative estimate of drug-likeness (QED) is 0.738.